The van der Waals surface area contributed by atoms with Crippen molar-refractivity contribution in [2.45, 2.75) is 37.1 Å². The average Bonchev–Trinajstić information content (AvgIpc) is 2.78. The highest BCUT2D eigenvalue weighted by atomic mass is 16.7. The van der Waals surface area contributed by atoms with Crippen LogP contribution in [0, 0.1) is 0 Å². The Hall–Kier alpha value is -3.58. The average molecular weight is 463 g/mol. The van der Waals surface area contributed by atoms with Gasteiger partial charge in [0, 0.05) is 17.4 Å². The second-order valence-electron chi connectivity index (χ2n) is 7.24. The first-order valence-corrected chi connectivity index (χ1v) is 9.60. The second kappa shape index (κ2) is 9.92. The monoisotopic (exact) mass is 463 g/mol. The molecule has 0 bridgehead atoms. The Labute approximate surface area is 185 Å². The lowest BCUT2D eigenvalue weighted by Gasteiger charge is -2.39. The Bertz CT molecular complexity index is 1070. The second-order valence-corrected chi connectivity index (χ2v) is 7.24. The molecule has 13 nitrogen and oxygen atoms in total. The predicted octanol–water partition coefficient (Wildman–Crippen LogP) is 0.349. The van der Waals surface area contributed by atoms with E-state index in [-0.39, 0.29) is 12.2 Å². The van der Waals surface area contributed by atoms with Crippen LogP contribution in [0.1, 0.15) is 15.9 Å². The van der Waals surface area contributed by atoms with Crippen LogP contribution in [0.5, 0.6) is 23.0 Å². The number of hydrogen-bond acceptors (Lipinski definition) is 11. The summed E-state index contributed by atoms with van der Waals surface area (Å²) in [5.74, 6) is -2.94. The van der Waals surface area contributed by atoms with Crippen molar-refractivity contribution in [3.8, 4) is 23.0 Å². The van der Waals surface area contributed by atoms with Crippen LogP contribution in [-0.2, 0) is 11.2 Å². The molecule has 0 aromatic heterocycles. The zero-order valence-corrected chi connectivity index (χ0v) is 16.9. The molecule has 0 aliphatic carbocycles. The molecule has 2 aromatic rings. The zero-order valence-electron chi connectivity index (χ0n) is 16.9. The molecular formula is C20H21N3O10. The highest BCUT2D eigenvalue weighted by Crippen LogP contribution is 2.45. The molecule has 5 unspecified atom stereocenters. The van der Waals surface area contributed by atoms with E-state index in [2.05, 4.69) is 10.0 Å². The largest absolute Gasteiger partial charge is 0.508 e. The van der Waals surface area contributed by atoms with Crippen molar-refractivity contribution in [2.75, 3.05) is 6.61 Å². The number of aliphatic hydroxyl groups excluding tert-OH is 4. The zero-order chi connectivity index (χ0) is 24.3. The van der Waals surface area contributed by atoms with Gasteiger partial charge < -0.3 is 45.2 Å². The molecule has 2 aromatic carbocycles. The molecule has 0 amide bonds. The fourth-order valence-corrected chi connectivity index (χ4v) is 3.30. The van der Waals surface area contributed by atoms with E-state index < -0.39 is 71.6 Å². The van der Waals surface area contributed by atoms with Crippen LogP contribution < -0.4 is 4.74 Å². The molecule has 1 aliphatic heterocycles. The van der Waals surface area contributed by atoms with Gasteiger partial charge >= 0.3 is 0 Å². The minimum absolute atomic E-state index is 0.0315. The van der Waals surface area contributed by atoms with Gasteiger partial charge in [0.05, 0.1) is 6.61 Å². The summed E-state index contributed by atoms with van der Waals surface area (Å²) in [4.78, 5) is 15.5. The molecule has 1 aliphatic rings. The number of carbonyl (C=O) groups is 1. The molecule has 1 heterocycles. The maximum atomic E-state index is 13.0. The van der Waals surface area contributed by atoms with Crippen LogP contribution in [0.25, 0.3) is 10.4 Å². The molecule has 5 atom stereocenters. The van der Waals surface area contributed by atoms with E-state index >= 15 is 0 Å². The number of carbonyl (C=O) groups excluding carboxylic acids is 1. The summed E-state index contributed by atoms with van der Waals surface area (Å²) in [5, 5.41) is 72.7. The molecule has 0 spiro atoms. The van der Waals surface area contributed by atoms with E-state index in [0.717, 1.165) is 6.07 Å². The van der Waals surface area contributed by atoms with Gasteiger partial charge in [0.2, 0.25) is 6.29 Å². The van der Waals surface area contributed by atoms with Crippen molar-refractivity contribution in [2.24, 2.45) is 5.11 Å². The van der Waals surface area contributed by atoms with Crippen molar-refractivity contribution < 1.29 is 50.0 Å². The van der Waals surface area contributed by atoms with Crippen molar-refractivity contribution in [1.82, 2.24) is 0 Å². The molecular weight excluding hydrogens is 442 g/mol. The van der Waals surface area contributed by atoms with Gasteiger partial charge in [0.25, 0.3) is 0 Å². The summed E-state index contributed by atoms with van der Waals surface area (Å²) in [6.07, 6.45) is -8.60. The van der Waals surface area contributed by atoms with E-state index in [1.54, 1.807) is 0 Å². The molecule has 1 fully saturated rings. The third kappa shape index (κ3) is 4.93. The van der Waals surface area contributed by atoms with E-state index in [9.17, 15) is 40.5 Å². The summed E-state index contributed by atoms with van der Waals surface area (Å²) in [6.45, 7) is -0.732. The van der Waals surface area contributed by atoms with Crippen LogP contribution in [0.4, 0.5) is 5.69 Å². The standard InChI is InChI=1S/C20H21N3O10/c21-23-22-15-11(27)6-12(32-20-19(31)18(30)16(28)13(7-24)33-20)14(17(15)29)10(26)5-8-1-3-9(25)4-2-8/h1-4,6,13,16,18-20,24-25,27-31H,5,7H2. The number of rotatable bonds is 7. The summed E-state index contributed by atoms with van der Waals surface area (Å²) < 4.78 is 10.7. The molecule has 7 N–H and O–H groups in total. The fourth-order valence-electron chi connectivity index (χ4n) is 3.30. The molecule has 33 heavy (non-hydrogen) atoms. The molecule has 3 rings (SSSR count). The number of nitrogens with zero attached hydrogens (tertiary/aromatic N) is 3. The number of ketones is 1. The molecule has 176 valence electrons. The topological polar surface area (TPSA) is 226 Å². The number of aliphatic hydroxyl groups is 4. The van der Waals surface area contributed by atoms with E-state index in [0.29, 0.717) is 5.56 Å². The molecule has 0 radical (unpaired) electrons. The summed E-state index contributed by atoms with van der Waals surface area (Å²) in [5.41, 5.74) is 7.97. The van der Waals surface area contributed by atoms with Gasteiger partial charge in [0.1, 0.15) is 58.7 Å². The van der Waals surface area contributed by atoms with Crippen LogP contribution >= 0.6 is 0 Å². The summed E-state index contributed by atoms with van der Waals surface area (Å²) in [7, 11) is 0. The predicted molar refractivity (Wildman–Crippen MR) is 109 cm³/mol. The lowest BCUT2D eigenvalue weighted by molar-refractivity contribution is -0.277. The minimum atomic E-state index is -1.83. The minimum Gasteiger partial charge on any atom is -0.508 e. The Morgan fingerprint density at radius 1 is 1.09 bits per heavy atom. The van der Waals surface area contributed by atoms with Gasteiger partial charge in [-0.1, -0.05) is 17.2 Å². The maximum absolute atomic E-state index is 13.0. The van der Waals surface area contributed by atoms with Gasteiger partial charge in [-0.25, -0.2) is 0 Å². The number of hydrogen-bond donors (Lipinski definition) is 7. The third-order valence-electron chi connectivity index (χ3n) is 5.03. The number of ether oxygens (including phenoxy) is 2. The van der Waals surface area contributed by atoms with Gasteiger partial charge in [-0.3, -0.25) is 4.79 Å². The summed E-state index contributed by atoms with van der Waals surface area (Å²) >= 11 is 0. The Morgan fingerprint density at radius 2 is 1.76 bits per heavy atom. The molecule has 0 saturated carbocycles. The van der Waals surface area contributed by atoms with E-state index in [4.69, 9.17) is 15.0 Å². The number of Topliss-reactive ketones (excluding diaryl/α,β-unsaturated/α-hetero) is 1. The first kappa shape index (κ1) is 24.1. The van der Waals surface area contributed by atoms with Crippen LogP contribution in [0.15, 0.2) is 35.4 Å². The Morgan fingerprint density at radius 3 is 2.36 bits per heavy atom. The number of phenols is 3. The van der Waals surface area contributed by atoms with Gasteiger partial charge in [-0.15, -0.1) is 0 Å². The molecule has 13 heteroatoms. The highest BCUT2D eigenvalue weighted by Gasteiger charge is 2.45. The van der Waals surface area contributed by atoms with E-state index in [1.165, 1.54) is 24.3 Å². The summed E-state index contributed by atoms with van der Waals surface area (Å²) in [6, 6.07) is 6.44. The molecule has 1 saturated heterocycles. The maximum Gasteiger partial charge on any atom is 0.229 e. The highest BCUT2D eigenvalue weighted by molar-refractivity contribution is 6.04. The van der Waals surface area contributed by atoms with Crippen molar-refractivity contribution >= 4 is 11.5 Å². The van der Waals surface area contributed by atoms with Crippen molar-refractivity contribution in [3.63, 3.8) is 0 Å². The van der Waals surface area contributed by atoms with Crippen molar-refractivity contribution in [3.05, 3.63) is 51.9 Å². The normalized spacial score (nSPS) is 24.7. The van der Waals surface area contributed by atoms with E-state index in [1.807, 2.05) is 0 Å². The number of azide groups is 1. The first-order valence-electron chi connectivity index (χ1n) is 9.60. The van der Waals surface area contributed by atoms with Crippen LogP contribution in [0.3, 0.4) is 0 Å². The Balaban J connectivity index is 2.02. The fraction of sp³-hybridized carbons (Fsp3) is 0.350. The van der Waals surface area contributed by atoms with Crippen LogP contribution in [-0.4, -0.2) is 78.8 Å². The number of benzene rings is 2. The lowest BCUT2D eigenvalue weighted by atomic mass is 9.98. The van der Waals surface area contributed by atoms with Gasteiger partial charge in [0.15, 0.2) is 5.78 Å². The smallest absolute Gasteiger partial charge is 0.229 e. The van der Waals surface area contributed by atoms with Crippen molar-refractivity contribution in [1.29, 1.82) is 0 Å². The van der Waals surface area contributed by atoms with Crippen LogP contribution in [0.2, 0.25) is 0 Å². The first-order chi connectivity index (χ1) is 15.7. The Kier molecular flexibility index (Phi) is 7.23. The number of phenolic OH excluding ortho intramolecular Hbond substituents is 3. The lowest BCUT2D eigenvalue weighted by Crippen LogP contribution is -2.60. The van der Waals surface area contributed by atoms with Gasteiger partial charge in [-0.2, -0.15) is 0 Å². The quantitative estimate of drug-likeness (QED) is 0.129. The third-order valence-corrected chi connectivity index (χ3v) is 5.03. The van der Waals surface area contributed by atoms with Gasteiger partial charge in [-0.05, 0) is 23.2 Å². The number of aromatic hydroxyl groups is 3. The SMILES string of the molecule is [N-]=[N+]=Nc1c(O)cc(OC2OC(CO)C(O)C(O)C2O)c(C(=O)Cc2ccc(O)cc2)c1O.